The van der Waals surface area contributed by atoms with Crippen LogP contribution in [-0.2, 0) is 6.54 Å². The highest BCUT2D eigenvalue weighted by Crippen LogP contribution is 2.20. The molecule has 1 aromatic carbocycles. The van der Waals surface area contributed by atoms with Gasteiger partial charge < -0.3 is 5.73 Å². The fraction of sp³-hybridized carbons (Fsp3) is 0.143. The van der Waals surface area contributed by atoms with Crippen LogP contribution in [0.3, 0.4) is 0 Å². The normalized spacial score (nSPS) is 11.0. The molecule has 0 radical (unpaired) electrons. The van der Waals surface area contributed by atoms with Crippen molar-refractivity contribution in [3.63, 3.8) is 0 Å². The van der Waals surface area contributed by atoms with Crippen molar-refractivity contribution in [2.75, 3.05) is 0 Å². The molecule has 4 heteroatoms. The second-order valence-corrected chi connectivity index (χ2v) is 4.26. The van der Waals surface area contributed by atoms with Crippen molar-refractivity contribution in [1.82, 2.24) is 14.5 Å². The van der Waals surface area contributed by atoms with Crippen molar-refractivity contribution in [3.8, 4) is 5.69 Å². The third-order valence-electron chi connectivity index (χ3n) is 3.03. The Balaban J connectivity index is 2.29. The number of hydrogen-bond donors (Lipinski definition) is 1. The number of nitrogens with zero attached hydrogens (tertiary/aromatic N) is 3. The molecular formula is C14H14N4. The number of hydrogen-bond acceptors (Lipinski definition) is 3. The zero-order chi connectivity index (χ0) is 12.5. The Morgan fingerprint density at radius 3 is 2.89 bits per heavy atom. The third-order valence-corrected chi connectivity index (χ3v) is 3.03. The average Bonchev–Trinajstić information content (AvgIpc) is 2.82. The molecule has 0 atom stereocenters. The number of aryl methyl sites for hydroxylation is 1. The van der Waals surface area contributed by atoms with Gasteiger partial charge in [0.1, 0.15) is 6.33 Å². The molecule has 0 aliphatic heterocycles. The Morgan fingerprint density at radius 1 is 1.22 bits per heavy atom. The van der Waals surface area contributed by atoms with Gasteiger partial charge in [0.25, 0.3) is 0 Å². The quantitative estimate of drug-likeness (QED) is 0.744. The molecule has 3 aromatic rings. The highest BCUT2D eigenvalue weighted by molar-refractivity contribution is 5.77. The maximum Gasteiger partial charge on any atom is 0.100 e. The van der Waals surface area contributed by atoms with Crippen LogP contribution in [0.1, 0.15) is 11.3 Å². The summed E-state index contributed by atoms with van der Waals surface area (Å²) in [5.41, 5.74) is 10.9. The van der Waals surface area contributed by atoms with Gasteiger partial charge >= 0.3 is 0 Å². The Labute approximate surface area is 105 Å². The number of imidazole rings is 1. The summed E-state index contributed by atoms with van der Waals surface area (Å²) in [6.07, 6.45) is 3.66. The van der Waals surface area contributed by atoms with E-state index in [-0.39, 0.29) is 0 Å². The summed E-state index contributed by atoms with van der Waals surface area (Å²) in [7, 11) is 0. The van der Waals surface area contributed by atoms with E-state index >= 15 is 0 Å². The summed E-state index contributed by atoms with van der Waals surface area (Å²) in [5.74, 6) is 0. The first-order valence-corrected chi connectivity index (χ1v) is 5.87. The fourth-order valence-corrected chi connectivity index (χ4v) is 2.11. The molecule has 0 bridgehead atoms. The van der Waals surface area contributed by atoms with Crippen LogP contribution in [0.2, 0.25) is 0 Å². The van der Waals surface area contributed by atoms with E-state index in [1.807, 2.05) is 43.7 Å². The van der Waals surface area contributed by atoms with Crippen molar-refractivity contribution in [1.29, 1.82) is 0 Å². The van der Waals surface area contributed by atoms with Crippen LogP contribution >= 0.6 is 0 Å². The highest BCUT2D eigenvalue weighted by atomic mass is 15.1. The molecule has 0 aliphatic rings. The average molecular weight is 238 g/mol. The molecule has 2 heterocycles. The molecule has 0 spiro atoms. The van der Waals surface area contributed by atoms with E-state index < -0.39 is 0 Å². The van der Waals surface area contributed by atoms with Crippen molar-refractivity contribution >= 4 is 11.0 Å². The minimum atomic E-state index is 0.467. The maximum absolute atomic E-state index is 5.78. The van der Waals surface area contributed by atoms with E-state index in [2.05, 4.69) is 20.6 Å². The van der Waals surface area contributed by atoms with E-state index in [0.29, 0.717) is 6.54 Å². The topological polar surface area (TPSA) is 56.7 Å². The van der Waals surface area contributed by atoms with E-state index in [0.717, 1.165) is 28.0 Å². The molecule has 3 rings (SSSR count). The zero-order valence-corrected chi connectivity index (χ0v) is 10.2. The molecule has 4 nitrogen and oxygen atoms in total. The Hall–Kier alpha value is -2.20. The lowest BCUT2D eigenvalue weighted by atomic mass is 10.2. The number of aromatic nitrogens is 3. The summed E-state index contributed by atoms with van der Waals surface area (Å²) >= 11 is 0. The van der Waals surface area contributed by atoms with Crippen LogP contribution in [0, 0.1) is 6.92 Å². The summed E-state index contributed by atoms with van der Waals surface area (Å²) in [5, 5.41) is 0. The Morgan fingerprint density at radius 2 is 2.06 bits per heavy atom. The third kappa shape index (κ3) is 1.67. The Kier molecular flexibility index (Phi) is 2.57. The molecule has 0 amide bonds. The van der Waals surface area contributed by atoms with Gasteiger partial charge in [-0.25, -0.2) is 4.98 Å². The molecule has 90 valence electrons. The van der Waals surface area contributed by atoms with Gasteiger partial charge in [0.2, 0.25) is 0 Å². The van der Waals surface area contributed by atoms with Crippen molar-refractivity contribution < 1.29 is 0 Å². The van der Waals surface area contributed by atoms with Gasteiger partial charge in [-0.1, -0.05) is 12.1 Å². The predicted octanol–water partition coefficient (Wildman–Crippen LogP) is 2.19. The van der Waals surface area contributed by atoms with Crippen LogP contribution in [0.5, 0.6) is 0 Å². The lowest BCUT2D eigenvalue weighted by Gasteiger charge is -2.10. The van der Waals surface area contributed by atoms with Crippen molar-refractivity contribution in [2.45, 2.75) is 13.5 Å². The number of para-hydroxylation sites is 2. The van der Waals surface area contributed by atoms with Gasteiger partial charge in [0, 0.05) is 24.0 Å². The zero-order valence-electron chi connectivity index (χ0n) is 10.2. The van der Waals surface area contributed by atoms with E-state index in [1.54, 1.807) is 0 Å². The monoisotopic (exact) mass is 238 g/mol. The Bertz CT molecular complexity index is 700. The predicted molar refractivity (Wildman–Crippen MR) is 71.5 cm³/mol. The molecule has 0 saturated heterocycles. The lowest BCUT2D eigenvalue weighted by molar-refractivity contribution is 0.970. The largest absolute Gasteiger partial charge is 0.326 e. The van der Waals surface area contributed by atoms with Gasteiger partial charge in [0.15, 0.2) is 0 Å². The van der Waals surface area contributed by atoms with Gasteiger partial charge in [-0.15, -0.1) is 0 Å². The van der Waals surface area contributed by atoms with Crippen LogP contribution in [0.25, 0.3) is 16.7 Å². The number of pyridine rings is 1. The second-order valence-electron chi connectivity index (χ2n) is 4.26. The molecular weight excluding hydrogens is 224 g/mol. The van der Waals surface area contributed by atoms with E-state index in [1.165, 1.54) is 0 Å². The molecule has 0 fully saturated rings. The SMILES string of the molecule is Cc1cc(-n2cnc3ccccc32)c(CN)cn1. The van der Waals surface area contributed by atoms with Crippen LogP contribution in [0.4, 0.5) is 0 Å². The minimum Gasteiger partial charge on any atom is -0.326 e. The van der Waals surface area contributed by atoms with Gasteiger partial charge in [-0.3, -0.25) is 9.55 Å². The minimum absolute atomic E-state index is 0.467. The first kappa shape index (κ1) is 10.9. The summed E-state index contributed by atoms with van der Waals surface area (Å²) < 4.78 is 2.06. The summed E-state index contributed by atoms with van der Waals surface area (Å²) in [6, 6.07) is 10.1. The molecule has 18 heavy (non-hydrogen) atoms. The van der Waals surface area contributed by atoms with Gasteiger partial charge in [-0.05, 0) is 25.1 Å². The maximum atomic E-state index is 5.78. The van der Waals surface area contributed by atoms with Crippen molar-refractivity contribution in [3.05, 3.63) is 54.1 Å². The van der Waals surface area contributed by atoms with E-state index in [4.69, 9.17) is 5.73 Å². The standard InChI is InChI=1S/C14H14N4/c1-10-6-14(11(7-15)8-16-10)18-9-17-12-4-2-3-5-13(12)18/h2-6,8-9H,7,15H2,1H3. The number of rotatable bonds is 2. The second kappa shape index (κ2) is 4.23. The highest BCUT2D eigenvalue weighted by Gasteiger charge is 2.08. The van der Waals surface area contributed by atoms with Crippen LogP contribution in [-0.4, -0.2) is 14.5 Å². The van der Waals surface area contributed by atoms with Gasteiger partial charge in [0.05, 0.1) is 16.7 Å². The summed E-state index contributed by atoms with van der Waals surface area (Å²) in [6.45, 7) is 2.44. The van der Waals surface area contributed by atoms with Crippen LogP contribution in [0.15, 0.2) is 42.9 Å². The number of nitrogens with two attached hydrogens (primary N) is 1. The van der Waals surface area contributed by atoms with Crippen LogP contribution < -0.4 is 5.73 Å². The molecule has 0 unspecified atom stereocenters. The molecule has 0 aliphatic carbocycles. The van der Waals surface area contributed by atoms with E-state index in [9.17, 15) is 0 Å². The van der Waals surface area contributed by atoms with Gasteiger partial charge in [-0.2, -0.15) is 0 Å². The fourth-order valence-electron chi connectivity index (χ4n) is 2.11. The molecule has 0 saturated carbocycles. The molecule has 2 N–H and O–H groups in total. The number of fused-ring (bicyclic) bond motifs is 1. The molecule has 2 aromatic heterocycles. The van der Waals surface area contributed by atoms with Crippen molar-refractivity contribution in [2.24, 2.45) is 5.73 Å². The first-order chi connectivity index (χ1) is 8.79. The lowest BCUT2D eigenvalue weighted by Crippen LogP contribution is -2.05. The first-order valence-electron chi connectivity index (χ1n) is 5.87. The number of benzene rings is 1. The smallest absolute Gasteiger partial charge is 0.100 e. The summed E-state index contributed by atoms with van der Waals surface area (Å²) in [4.78, 5) is 8.69.